The van der Waals surface area contributed by atoms with Crippen LogP contribution in [0.4, 0.5) is 0 Å². The zero-order valence-corrected chi connectivity index (χ0v) is 12.4. The summed E-state index contributed by atoms with van der Waals surface area (Å²) < 4.78 is 4.93. The van der Waals surface area contributed by atoms with Gasteiger partial charge in [-0.3, -0.25) is 4.79 Å². The van der Waals surface area contributed by atoms with Crippen molar-refractivity contribution in [3.63, 3.8) is 0 Å². The molecular weight excluding hydrogens is 240 g/mol. The highest BCUT2D eigenvalue weighted by molar-refractivity contribution is 5.72. The molecule has 4 heteroatoms. The first kappa shape index (κ1) is 14.8. The van der Waals surface area contributed by atoms with Crippen LogP contribution in [0.2, 0.25) is 0 Å². The van der Waals surface area contributed by atoms with Gasteiger partial charge >= 0.3 is 5.97 Å². The minimum atomic E-state index is -0.0476. The summed E-state index contributed by atoms with van der Waals surface area (Å²) in [6.07, 6.45) is 7.61. The molecule has 19 heavy (non-hydrogen) atoms. The van der Waals surface area contributed by atoms with Gasteiger partial charge in [0.2, 0.25) is 0 Å². The number of carbonyl (C=O) groups is 1. The lowest BCUT2D eigenvalue weighted by Crippen LogP contribution is -2.53. The van der Waals surface area contributed by atoms with Crippen LogP contribution in [0.3, 0.4) is 0 Å². The van der Waals surface area contributed by atoms with Crippen molar-refractivity contribution in [3.05, 3.63) is 0 Å². The van der Waals surface area contributed by atoms with E-state index in [1.54, 1.807) is 0 Å². The van der Waals surface area contributed by atoms with Crippen molar-refractivity contribution in [2.45, 2.75) is 57.5 Å². The predicted molar refractivity (Wildman–Crippen MR) is 76.0 cm³/mol. The van der Waals surface area contributed by atoms with Crippen LogP contribution in [-0.2, 0) is 9.53 Å². The number of piperidine rings is 1. The van der Waals surface area contributed by atoms with Crippen molar-refractivity contribution >= 4 is 5.97 Å². The molecule has 1 aliphatic carbocycles. The van der Waals surface area contributed by atoms with Crippen LogP contribution >= 0.6 is 0 Å². The maximum atomic E-state index is 11.8. The molecule has 110 valence electrons. The zero-order valence-electron chi connectivity index (χ0n) is 12.4. The van der Waals surface area contributed by atoms with Crippen LogP contribution < -0.4 is 5.32 Å². The Kier molecular flexibility index (Phi) is 5.64. The van der Waals surface area contributed by atoms with E-state index in [1.807, 2.05) is 0 Å². The molecular formula is C15H28N2O2. The van der Waals surface area contributed by atoms with E-state index >= 15 is 0 Å². The molecule has 1 saturated heterocycles. The number of hydrogen-bond donors (Lipinski definition) is 1. The number of nitrogens with one attached hydrogen (secondary N) is 1. The Morgan fingerprint density at radius 2 is 1.95 bits per heavy atom. The molecule has 0 spiro atoms. The second-order valence-corrected chi connectivity index (χ2v) is 6.01. The minimum Gasteiger partial charge on any atom is -0.469 e. The van der Waals surface area contributed by atoms with E-state index in [0.717, 1.165) is 26.1 Å². The van der Waals surface area contributed by atoms with Crippen LogP contribution in [0.15, 0.2) is 0 Å². The Hall–Kier alpha value is -0.610. The summed E-state index contributed by atoms with van der Waals surface area (Å²) in [6.45, 7) is 5.10. The van der Waals surface area contributed by atoms with E-state index in [4.69, 9.17) is 4.74 Å². The van der Waals surface area contributed by atoms with Crippen LogP contribution in [0.1, 0.15) is 45.4 Å². The van der Waals surface area contributed by atoms with E-state index in [2.05, 4.69) is 17.1 Å². The Bertz CT molecular complexity index is 290. The molecule has 0 aromatic carbocycles. The molecule has 2 aliphatic rings. The monoisotopic (exact) mass is 268 g/mol. The van der Waals surface area contributed by atoms with Crippen LogP contribution in [0.25, 0.3) is 0 Å². The van der Waals surface area contributed by atoms with Gasteiger partial charge in [0, 0.05) is 25.2 Å². The highest BCUT2D eigenvalue weighted by atomic mass is 16.5. The van der Waals surface area contributed by atoms with Gasteiger partial charge in [0.05, 0.1) is 13.0 Å². The lowest BCUT2D eigenvalue weighted by atomic mass is 9.90. The summed E-state index contributed by atoms with van der Waals surface area (Å²) in [5, 5.41) is 3.78. The normalized spacial score (nSPS) is 30.2. The summed E-state index contributed by atoms with van der Waals surface area (Å²) in [6, 6.07) is 1.11. The van der Waals surface area contributed by atoms with Crippen molar-refractivity contribution in [2.24, 2.45) is 5.92 Å². The quantitative estimate of drug-likeness (QED) is 0.789. The molecule has 0 amide bonds. The first-order chi connectivity index (χ1) is 9.22. The number of nitrogens with zero attached hydrogens (tertiary/aromatic N) is 1. The molecule has 4 nitrogen and oxygen atoms in total. The summed E-state index contributed by atoms with van der Waals surface area (Å²) in [5.41, 5.74) is 0. The third kappa shape index (κ3) is 4.18. The maximum absolute atomic E-state index is 11.8. The first-order valence-corrected chi connectivity index (χ1v) is 7.79. The third-order valence-electron chi connectivity index (χ3n) is 4.58. The predicted octanol–water partition coefficient (Wildman–Crippen LogP) is 1.79. The fourth-order valence-electron chi connectivity index (χ4n) is 3.51. The second kappa shape index (κ2) is 7.25. The van der Waals surface area contributed by atoms with Crippen molar-refractivity contribution in [1.29, 1.82) is 0 Å². The molecule has 0 bridgehead atoms. The SMILES string of the molecule is CCN1CC(NC2CCCCC2)CC(C(=O)OC)C1. The minimum absolute atomic E-state index is 0.0415. The number of esters is 1. The number of carbonyl (C=O) groups excluding carboxylic acids is 1. The second-order valence-electron chi connectivity index (χ2n) is 6.01. The molecule has 2 atom stereocenters. The van der Waals surface area contributed by atoms with Gasteiger partial charge in [-0.15, -0.1) is 0 Å². The number of rotatable bonds is 4. The smallest absolute Gasteiger partial charge is 0.310 e. The van der Waals surface area contributed by atoms with Gasteiger partial charge in [-0.05, 0) is 25.8 Å². The van der Waals surface area contributed by atoms with Crippen LogP contribution in [-0.4, -0.2) is 49.7 Å². The Morgan fingerprint density at radius 1 is 1.21 bits per heavy atom. The summed E-state index contributed by atoms with van der Waals surface area (Å²) in [7, 11) is 1.50. The molecule has 0 aromatic heterocycles. The highest BCUT2D eigenvalue weighted by Crippen LogP contribution is 2.22. The van der Waals surface area contributed by atoms with E-state index in [0.29, 0.717) is 12.1 Å². The van der Waals surface area contributed by atoms with Gasteiger partial charge in [-0.1, -0.05) is 26.2 Å². The third-order valence-corrected chi connectivity index (χ3v) is 4.58. The lowest BCUT2D eigenvalue weighted by Gasteiger charge is -2.38. The zero-order chi connectivity index (χ0) is 13.7. The number of likely N-dealkylation sites (tertiary alicyclic amines) is 1. The van der Waals surface area contributed by atoms with E-state index < -0.39 is 0 Å². The Balaban J connectivity index is 1.89. The van der Waals surface area contributed by atoms with Crippen molar-refractivity contribution in [1.82, 2.24) is 10.2 Å². The largest absolute Gasteiger partial charge is 0.469 e. The van der Waals surface area contributed by atoms with Crippen molar-refractivity contribution in [2.75, 3.05) is 26.7 Å². The van der Waals surface area contributed by atoms with E-state index in [1.165, 1.54) is 39.2 Å². The van der Waals surface area contributed by atoms with E-state index in [-0.39, 0.29) is 11.9 Å². The Labute approximate surface area is 116 Å². The molecule has 0 aromatic rings. The van der Waals surface area contributed by atoms with Gasteiger partial charge in [0.25, 0.3) is 0 Å². The van der Waals surface area contributed by atoms with E-state index in [9.17, 15) is 4.79 Å². The molecule has 1 saturated carbocycles. The van der Waals surface area contributed by atoms with Gasteiger partial charge in [-0.2, -0.15) is 0 Å². The number of methoxy groups -OCH3 is 1. The molecule has 1 N–H and O–H groups in total. The van der Waals surface area contributed by atoms with Gasteiger partial charge in [-0.25, -0.2) is 0 Å². The van der Waals surface area contributed by atoms with Gasteiger partial charge < -0.3 is 15.0 Å². The van der Waals surface area contributed by atoms with Crippen LogP contribution in [0, 0.1) is 5.92 Å². The molecule has 2 unspecified atom stereocenters. The number of hydrogen-bond acceptors (Lipinski definition) is 4. The summed E-state index contributed by atoms with van der Waals surface area (Å²) >= 11 is 0. The van der Waals surface area contributed by atoms with Gasteiger partial charge in [0.15, 0.2) is 0 Å². The standard InChI is InChI=1S/C15H28N2O2/c1-3-17-10-12(15(18)19-2)9-14(11-17)16-13-7-5-4-6-8-13/h12-14,16H,3-11H2,1-2H3. The molecule has 1 heterocycles. The lowest BCUT2D eigenvalue weighted by molar-refractivity contribution is -0.147. The Morgan fingerprint density at radius 3 is 2.58 bits per heavy atom. The van der Waals surface area contributed by atoms with Crippen molar-refractivity contribution in [3.8, 4) is 0 Å². The van der Waals surface area contributed by atoms with Crippen LogP contribution in [0.5, 0.6) is 0 Å². The fourth-order valence-corrected chi connectivity index (χ4v) is 3.51. The molecule has 2 fully saturated rings. The average Bonchev–Trinajstić information content (AvgIpc) is 2.47. The number of likely N-dealkylation sites (N-methyl/N-ethyl adjacent to an activating group) is 1. The fraction of sp³-hybridized carbons (Fsp3) is 0.933. The summed E-state index contributed by atoms with van der Waals surface area (Å²) in [4.78, 5) is 14.2. The summed E-state index contributed by atoms with van der Waals surface area (Å²) in [5.74, 6) is -0.00613. The molecule has 1 aliphatic heterocycles. The topological polar surface area (TPSA) is 41.6 Å². The number of ether oxygens (including phenoxy) is 1. The maximum Gasteiger partial charge on any atom is 0.310 e. The first-order valence-electron chi connectivity index (χ1n) is 7.79. The van der Waals surface area contributed by atoms with Gasteiger partial charge in [0.1, 0.15) is 0 Å². The average molecular weight is 268 g/mol. The molecule has 2 rings (SSSR count). The molecule has 0 radical (unpaired) electrons. The van der Waals surface area contributed by atoms with Crippen molar-refractivity contribution < 1.29 is 9.53 Å². The highest BCUT2D eigenvalue weighted by Gasteiger charge is 2.32.